The van der Waals surface area contributed by atoms with Gasteiger partial charge in [0.05, 0.1) is 18.4 Å². The van der Waals surface area contributed by atoms with E-state index in [1.165, 1.54) is 18.1 Å². The van der Waals surface area contributed by atoms with E-state index in [9.17, 15) is 14.4 Å². The van der Waals surface area contributed by atoms with Gasteiger partial charge < -0.3 is 10.5 Å². The molecule has 0 aromatic heterocycles. The Morgan fingerprint density at radius 2 is 2.16 bits per heavy atom. The molecular formula is C12H13N3O4. The lowest BCUT2D eigenvalue weighted by Gasteiger charge is -2.28. The van der Waals surface area contributed by atoms with Gasteiger partial charge >= 0.3 is 6.03 Å². The summed E-state index contributed by atoms with van der Waals surface area (Å²) in [6, 6.07) is 4.19. The molecular weight excluding hydrogens is 250 g/mol. The summed E-state index contributed by atoms with van der Waals surface area (Å²) >= 11 is 0. The fourth-order valence-corrected chi connectivity index (χ4v) is 1.94. The monoisotopic (exact) mass is 263 g/mol. The number of ether oxygens (including phenoxy) is 1. The molecule has 7 heteroatoms. The van der Waals surface area contributed by atoms with Crippen LogP contribution in [0.25, 0.3) is 0 Å². The fraction of sp³-hybridized carbons (Fsp3) is 0.250. The van der Waals surface area contributed by atoms with Crippen LogP contribution in [0.15, 0.2) is 18.2 Å². The van der Waals surface area contributed by atoms with Crippen LogP contribution in [0.1, 0.15) is 16.8 Å². The van der Waals surface area contributed by atoms with Gasteiger partial charge in [-0.15, -0.1) is 0 Å². The number of urea groups is 1. The first kappa shape index (κ1) is 12.9. The Balaban J connectivity index is 2.45. The van der Waals surface area contributed by atoms with Crippen molar-refractivity contribution in [3.8, 4) is 5.75 Å². The molecule has 2 rings (SSSR count). The predicted molar refractivity (Wildman–Crippen MR) is 67.0 cm³/mol. The highest BCUT2D eigenvalue weighted by atomic mass is 16.5. The second-order valence-corrected chi connectivity index (χ2v) is 3.98. The number of para-hydroxylation sites is 1. The van der Waals surface area contributed by atoms with E-state index in [1.54, 1.807) is 12.1 Å². The summed E-state index contributed by atoms with van der Waals surface area (Å²) in [5.41, 5.74) is 5.84. The molecule has 1 aromatic rings. The van der Waals surface area contributed by atoms with Crippen molar-refractivity contribution in [2.75, 3.05) is 18.6 Å². The lowest BCUT2D eigenvalue weighted by atomic mass is 10.1. The standard InChI is InChI=1S/C12H13N3O4/c1-19-10-7(11(13)17)3-2-4-8(10)15-6-5-9(16)14-12(15)18/h2-4H,5-6H2,1H3,(H2,13,17)(H,14,16,18). The highest BCUT2D eigenvalue weighted by Crippen LogP contribution is 2.32. The minimum atomic E-state index is -0.646. The van der Waals surface area contributed by atoms with Crippen molar-refractivity contribution >= 4 is 23.5 Å². The van der Waals surface area contributed by atoms with Crippen molar-refractivity contribution < 1.29 is 19.1 Å². The molecule has 1 heterocycles. The Morgan fingerprint density at radius 1 is 1.42 bits per heavy atom. The van der Waals surface area contributed by atoms with Gasteiger partial charge in [0, 0.05) is 13.0 Å². The molecule has 100 valence electrons. The highest BCUT2D eigenvalue weighted by molar-refractivity contribution is 6.07. The summed E-state index contributed by atoms with van der Waals surface area (Å²) in [6.45, 7) is 0.225. The van der Waals surface area contributed by atoms with E-state index in [0.717, 1.165) is 0 Å². The van der Waals surface area contributed by atoms with Gasteiger partial charge in [-0.05, 0) is 12.1 Å². The molecule has 1 fully saturated rings. The summed E-state index contributed by atoms with van der Waals surface area (Å²) in [5.74, 6) is -0.752. The number of nitrogens with two attached hydrogens (primary N) is 1. The van der Waals surface area contributed by atoms with Crippen LogP contribution >= 0.6 is 0 Å². The largest absolute Gasteiger partial charge is 0.494 e. The van der Waals surface area contributed by atoms with Crippen molar-refractivity contribution in [2.45, 2.75) is 6.42 Å². The van der Waals surface area contributed by atoms with E-state index in [1.807, 2.05) is 0 Å². The van der Waals surface area contributed by atoms with Crippen LogP contribution in [0.5, 0.6) is 5.75 Å². The molecule has 0 spiro atoms. The number of primary amides is 1. The third kappa shape index (κ3) is 2.35. The first-order valence-corrected chi connectivity index (χ1v) is 5.62. The molecule has 1 aliphatic heterocycles. The number of imide groups is 1. The topological polar surface area (TPSA) is 102 Å². The van der Waals surface area contributed by atoms with Crippen molar-refractivity contribution in [3.63, 3.8) is 0 Å². The Bertz CT molecular complexity index is 556. The molecule has 4 amide bonds. The molecule has 3 N–H and O–H groups in total. The van der Waals surface area contributed by atoms with Gasteiger partial charge in [-0.3, -0.25) is 19.8 Å². The van der Waals surface area contributed by atoms with Gasteiger partial charge in [0.1, 0.15) is 0 Å². The van der Waals surface area contributed by atoms with E-state index in [2.05, 4.69) is 5.32 Å². The maximum atomic E-state index is 11.8. The SMILES string of the molecule is COc1c(C(N)=O)cccc1N1CCC(=O)NC1=O. The number of hydrogen-bond donors (Lipinski definition) is 2. The van der Waals surface area contributed by atoms with Crippen LogP contribution in [0.4, 0.5) is 10.5 Å². The number of rotatable bonds is 3. The quantitative estimate of drug-likeness (QED) is 0.815. The van der Waals surface area contributed by atoms with Crippen LogP contribution in [-0.2, 0) is 4.79 Å². The van der Waals surface area contributed by atoms with Gasteiger partial charge in [-0.25, -0.2) is 4.79 Å². The zero-order chi connectivity index (χ0) is 14.0. The molecule has 7 nitrogen and oxygen atoms in total. The first-order valence-electron chi connectivity index (χ1n) is 5.62. The summed E-state index contributed by atoms with van der Waals surface area (Å²) in [4.78, 5) is 35.6. The van der Waals surface area contributed by atoms with Gasteiger partial charge in [0.15, 0.2) is 5.75 Å². The van der Waals surface area contributed by atoms with Crippen LogP contribution in [-0.4, -0.2) is 31.5 Å². The summed E-state index contributed by atoms with van der Waals surface area (Å²) in [7, 11) is 1.39. The number of hydrogen-bond acceptors (Lipinski definition) is 4. The van der Waals surface area contributed by atoms with Crippen molar-refractivity contribution in [2.24, 2.45) is 5.73 Å². The maximum absolute atomic E-state index is 11.8. The average Bonchev–Trinajstić information content (AvgIpc) is 2.37. The number of benzene rings is 1. The van der Waals surface area contributed by atoms with E-state index < -0.39 is 11.9 Å². The molecule has 0 saturated carbocycles. The second-order valence-electron chi connectivity index (χ2n) is 3.98. The number of nitrogens with zero attached hydrogens (tertiary/aromatic N) is 1. The average molecular weight is 263 g/mol. The summed E-state index contributed by atoms with van der Waals surface area (Å²) < 4.78 is 5.16. The Kier molecular flexibility index (Phi) is 3.37. The fourth-order valence-electron chi connectivity index (χ4n) is 1.94. The number of methoxy groups -OCH3 is 1. The number of nitrogens with one attached hydrogen (secondary N) is 1. The van der Waals surface area contributed by atoms with Crippen molar-refractivity contribution in [1.29, 1.82) is 0 Å². The maximum Gasteiger partial charge on any atom is 0.328 e. The van der Waals surface area contributed by atoms with Crippen molar-refractivity contribution in [1.82, 2.24) is 5.32 Å². The van der Waals surface area contributed by atoms with Gasteiger partial charge in [-0.2, -0.15) is 0 Å². The van der Waals surface area contributed by atoms with Gasteiger partial charge in [-0.1, -0.05) is 6.07 Å². The van der Waals surface area contributed by atoms with Crippen LogP contribution in [0.3, 0.4) is 0 Å². The van der Waals surface area contributed by atoms with E-state index in [0.29, 0.717) is 5.69 Å². The zero-order valence-electron chi connectivity index (χ0n) is 10.3. The predicted octanol–water partition coefficient (Wildman–Crippen LogP) is 0.240. The zero-order valence-corrected chi connectivity index (χ0v) is 10.3. The molecule has 0 unspecified atom stereocenters. The van der Waals surface area contributed by atoms with Crippen LogP contribution in [0, 0.1) is 0 Å². The van der Waals surface area contributed by atoms with Gasteiger partial charge in [0.2, 0.25) is 5.91 Å². The van der Waals surface area contributed by atoms with E-state index >= 15 is 0 Å². The number of carbonyl (C=O) groups is 3. The third-order valence-electron chi connectivity index (χ3n) is 2.81. The Morgan fingerprint density at radius 3 is 2.74 bits per heavy atom. The smallest absolute Gasteiger partial charge is 0.328 e. The Labute approximate surface area is 109 Å². The third-order valence-corrected chi connectivity index (χ3v) is 2.81. The normalized spacial score (nSPS) is 15.1. The highest BCUT2D eigenvalue weighted by Gasteiger charge is 2.27. The molecule has 1 aromatic carbocycles. The Hall–Kier alpha value is -2.57. The first-order chi connectivity index (χ1) is 9.04. The van der Waals surface area contributed by atoms with Crippen LogP contribution in [0.2, 0.25) is 0 Å². The minimum Gasteiger partial charge on any atom is -0.494 e. The van der Waals surface area contributed by atoms with E-state index in [4.69, 9.17) is 10.5 Å². The minimum absolute atomic E-state index is 0.185. The molecule has 1 aliphatic rings. The number of amides is 4. The lowest BCUT2D eigenvalue weighted by Crippen LogP contribution is -2.49. The van der Waals surface area contributed by atoms with Crippen LogP contribution < -0.4 is 20.7 Å². The molecule has 0 aliphatic carbocycles. The molecule has 1 saturated heterocycles. The number of anilines is 1. The molecule has 0 bridgehead atoms. The lowest BCUT2D eigenvalue weighted by molar-refractivity contribution is -0.120. The molecule has 19 heavy (non-hydrogen) atoms. The van der Waals surface area contributed by atoms with E-state index in [-0.39, 0.29) is 30.2 Å². The molecule has 0 atom stereocenters. The van der Waals surface area contributed by atoms with Gasteiger partial charge in [0.25, 0.3) is 5.91 Å². The summed E-state index contributed by atoms with van der Waals surface area (Å²) in [5, 5.41) is 2.20. The summed E-state index contributed by atoms with van der Waals surface area (Å²) in [6.07, 6.45) is 0.190. The molecule has 0 radical (unpaired) electrons. The van der Waals surface area contributed by atoms with Crippen molar-refractivity contribution in [3.05, 3.63) is 23.8 Å². The number of carbonyl (C=O) groups excluding carboxylic acids is 3. The second kappa shape index (κ2) is 4.97.